The summed E-state index contributed by atoms with van der Waals surface area (Å²) in [5.74, 6) is 0. The molecule has 1 atom stereocenters. The SMILES string of the molecule is [2H]Cc1c[n+]2c(cc1C([2H])([2H])C(C)(C)C)-c1c(ccc3c1oc1c4c(ccc13)CC=C4)C21c2ccccc2-c2ccc(C)c[n+]21. The topological polar surface area (TPSA) is 20.9 Å². The number of rotatable bonds is 1. The maximum Gasteiger partial charge on any atom is 0.417 e. The Morgan fingerprint density at radius 2 is 1.71 bits per heavy atom. The summed E-state index contributed by atoms with van der Waals surface area (Å²) in [5.41, 5.74) is 11.5. The van der Waals surface area contributed by atoms with Crippen molar-refractivity contribution in [2.45, 2.75) is 53.1 Å². The first-order valence-corrected chi connectivity index (χ1v) is 14.8. The van der Waals surface area contributed by atoms with Crippen molar-refractivity contribution in [3.8, 4) is 22.5 Å². The number of hydrogen-bond acceptors (Lipinski definition) is 1. The lowest BCUT2D eigenvalue weighted by molar-refractivity contribution is -0.955. The molecule has 3 nitrogen and oxygen atoms in total. The van der Waals surface area contributed by atoms with E-state index in [2.05, 4.69) is 101 Å². The predicted molar refractivity (Wildman–Crippen MR) is 168 cm³/mol. The van der Waals surface area contributed by atoms with Crippen molar-refractivity contribution in [2.75, 3.05) is 0 Å². The number of pyridine rings is 2. The van der Waals surface area contributed by atoms with Gasteiger partial charge in [0.2, 0.25) is 11.4 Å². The molecule has 0 radical (unpaired) electrons. The second-order valence-corrected chi connectivity index (χ2v) is 13.1. The van der Waals surface area contributed by atoms with Crippen LogP contribution in [0.4, 0.5) is 0 Å². The molecule has 3 heteroatoms. The molecule has 2 aliphatic heterocycles. The van der Waals surface area contributed by atoms with Gasteiger partial charge in [0.25, 0.3) is 0 Å². The van der Waals surface area contributed by atoms with Crippen LogP contribution in [0.5, 0.6) is 0 Å². The number of allylic oxidation sites excluding steroid dienone is 1. The monoisotopic (exact) mass is 549 g/mol. The van der Waals surface area contributed by atoms with Gasteiger partial charge in [-0.3, -0.25) is 0 Å². The summed E-state index contributed by atoms with van der Waals surface area (Å²) in [5, 5.41) is 2.15. The van der Waals surface area contributed by atoms with Crippen LogP contribution in [0.2, 0.25) is 0 Å². The summed E-state index contributed by atoms with van der Waals surface area (Å²) >= 11 is 0. The fraction of sp³-hybridized carbons (Fsp3) is 0.231. The lowest BCUT2D eigenvalue weighted by Crippen LogP contribution is -2.71. The van der Waals surface area contributed by atoms with Crippen LogP contribution in [-0.2, 0) is 18.5 Å². The van der Waals surface area contributed by atoms with Crippen molar-refractivity contribution in [1.82, 2.24) is 0 Å². The Bertz CT molecular complexity index is 2320. The van der Waals surface area contributed by atoms with E-state index in [1.807, 2.05) is 26.8 Å². The minimum Gasteiger partial charge on any atom is -0.454 e. The Morgan fingerprint density at radius 3 is 2.57 bits per heavy atom. The van der Waals surface area contributed by atoms with Crippen molar-refractivity contribution in [3.05, 3.63) is 124 Å². The number of aryl methyl sites for hydroxylation is 2. The molecule has 9 rings (SSSR count). The van der Waals surface area contributed by atoms with E-state index in [1.165, 1.54) is 5.56 Å². The first-order chi connectivity index (χ1) is 21.6. The maximum absolute atomic E-state index is 9.35. The van der Waals surface area contributed by atoms with E-state index < -0.39 is 17.5 Å². The van der Waals surface area contributed by atoms with Crippen molar-refractivity contribution in [1.29, 1.82) is 0 Å². The molecule has 0 fully saturated rings. The normalized spacial score (nSPS) is 19.0. The summed E-state index contributed by atoms with van der Waals surface area (Å²) in [7, 11) is 0. The number of fused-ring (bicyclic) bond motifs is 16. The van der Waals surface area contributed by atoms with Crippen LogP contribution in [0.15, 0.2) is 89.6 Å². The van der Waals surface area contributed by atoms with Crippen molar-refractivity contribution < 1.29 is 17.7 Å². The highest BCUT2D eigenvalue weighted by atomic mass is 16.3. The van der Waals surface area contributed by atoms with E-state index >= 15 is 0 Å². The van der Waals surface area contributed by atoms with Crippen LogP contribution >= 0.6 is 0 Å². The number of aromatic nitrogens is 2. The van der Waals surface area contributed by atoms with Gasteiger partial charge in [-0.15, -0.1) is 9.13 Å². The zero-order valence-corrected chi connectivity index (χ0v) is 24.4. The molecule has 0 bridgehead atoms. The molecule has 0 saturated heterocycles. The molecule has 6 aromatic rings. The molecule has 1 unspecified atom stereocenters. The van der Waals surface area contributed by atoms with Crippen LogP contribution < -0.4 is 9.13 Å². The second-order valence-electron chi connectivity index (χ2n) is 13.1. The van der Waals surface area contributed by atoms with Gasteiger partial charge in [-0.25, -0.2) is 0 Å². The Balaban J connectivity index is 1.49. The van der Waals surface area contributed by atoms with Crippen molar-refractivity contribution in [2.24, 2.45) is 5.41 Å². The van der Waals surface area contributed by atoms with Crippen LogP contribution in [0.1, 0.15) is 63.8 Å². The van der Waals surface area contributed by atoms with E-state index in [4.69, 9.17) is 5.79 Å². The highest BCUT2D eigenvalue weighted by Gasteiger charge is 2.67. The molecular formula is C39H34N2O+2. The zero-order chi connectivity index (χ0) is 31.0. The van der Waals surface area contributed by atoms with Crippen LogP contribution in [0.3, 0.4) is 0 Å². The van der Waals surface area contributed by atoms with Crippen molar-refractivity contribution >= 4 is 28.0 Å². The summed E-state index contributed by atoms with van der Waals surface area (Å²) in [6, 6.07) is 23.8. The lowest BCUT2D eigenvalue weighted by atomic mass is 9.86. The molecule has 0 saturated carbocycles. The third kappa shape index (κ3) is 2.91. The standard InChI is InChI=1S/C39H34N2O/c1-23-13-18-33-30-10-6-7-12-31(30)39(40(33)21-23)32-17-16-29-28-15-14-25-9-8-11-27(25)36(28)42-37(29)35(32)34-19-26(20-38(3,4)5)24(2)22-41(34)39/h6-8,10-19,21-22H,9,20H2,1-5H3/q+2/i2D,20D2. The molecule has 3 aromatic heterocycles. The Morgan fingerprint density at radius 1 is 0.905 bits per heavy atom. The largest absolute Gasteiger partial charge is 0.454 e. The Hall–Kier alpha value is -4.50. The van der Waals surface area contributed by atoms with Gasteiger partial charge in [0.15, 0.2) is 12.4 Å². The van der Waals surface area contributed by atoms with Crippen molar-refractivity contribution in [3.63, 3.8) is 0 Å². The summed E-state index contributed by atoms with van der Waals surface area (Å²) < 4.78 is 39.0. The van der Waals surface area contributed by atoms with Gasteiger partial charge in [0, 0.05) is 43.7 Å². The van der Waals surface area contributed by atoms with E-state index in [0.717, 1.165) is 73.1 Å². The summed E-state index contributed by atoms with van der Waals surface area (Å²) in [6.07, 6.45) is 7.88. The van der Waals surface area contributed by atoms with Crippen LogP contribution in [-0.4, -0.2) is 0 Å². The average molecular weight is 550 g/mol. The van der Waals surface area contributed by atoms with Crippen LogP contribution in [0, 0.1) is 19.2 Å². The van der Waals surface area contributed by atoms with Gasteiger partial charge in [0.05, 0.1) is 5.56 Å². The van der Waals surface area contributed by atoms with Gasteiger partial charge in [-0.05, 0) is 73.5 Å². The Kier molecular flexibility index (Phi) is 3.97. The lowest BCUT2D eigenvalue weighted by Gasteiger charge is -2.21. The maximum atomic E-state index is 9.35. The first kappa shape index (κ1) is 21.2. The molecule has 5 heterocycles. The highest BCUT2D eigenvalue weighted by molar-refractivity contribution is 6.12. The second kappa shape index (κ2) is 7.86. The van der Waals surface area contributed by atoms with Gasteiger partial charge in [-0.2, -0.15) is 0 Å². The molecule has 0 amide bonds. The van der Waals surface area contributed by atoms with Gasteiger partial charge >= 0.3 is 5.66 Å². The first-order valence-electron chi connectivity index (χ1n) is 16.5. The van der Waals surface area contributed by atoms with E-state index in [0.29, 0.717) is 11.1 Å². The molecule has 0 N–H and O–H groups in total. The molecule has 3 aromatic carbocycles. The average Bonchev–Trinajstić information content (AvgIpc) is 3.77. The third-order valence-corrected chi connectivity index (χ3v) is 9.25. The minimum atomic E-state index is -1.67. The van der Waals surface area contributed by atoms with Gasteiger partial charge in [0.1, 0.15) is 27.9 Å². The summed E-state index contributed by atoms with van der Waals surface area (Å²) in [6.45, 7) is 7.90. The zero-order valence-electron chi connectivity index (χ0n) is 27.4. The van der Waals surface area contributed by atoms with E-state index in [9.17, 15) is 2.74 Å². The number of nitrogens with zero attached hydrogens (tertiary/aromatic N) is 2. The third-order valence-electron chi connectivity index (χ3n) is 9.25. The van der Waals surface area contributed by atoms with E-state index in [-0.39, 0.29) is 6.90 Å². The number of benzene rings is 3. The summed E-state index contributed by atoms with van der Waals surface area (Å²) in [4.78, 5) is 0. The van der Waals surface area contributed by atoms with Gasteiger partial charge in [-0.1, -0.05) is 57.2 Å². The minimum absolute atomic E-state index is 0.0247. The molecule has 204 valence electrons. The Labute approximate surface area is 250 Å². The molecule has 3 aliphatic rings. The number of hydrogen-bond donors (Lipinski definition) is 0. The van der Waals surface area contributed by atoms with Crippen LogP contribution in [0.25, 0.3) is 50.5 Å². The van der Waals surface area contributed by atoms with Gasteiger partial charge < -0.3 is 4.42 Å². The quantitative estimate of drug-likeness (QED) is 0.189. The predicted octanol–water partition coefficient (Wildman–Crippen LogP) is 8.19. The smallest absolute Gasteiger partial charge is 0.417 e. The molecule has 1 aliphatic carbocycles. The number of furan rings is 1. The molecule has 42 heavy (non-hydrogen) atoms. The fourth-order valence-corrected chi connectivity index (χ4v) is 7.63. The fourth-order valence-electron chi connectivity index (χ4n) is 7.63. The molecule has 1 spiro atoms. The van der Waals surface area contributed by atoms with E-state index in [1.54, 1.807) is 0 Å². The highest BCUT2D eigenvalue weighted by Crippen LogP contribution is 2.51. The molecular weight excluding hydrogens is 512 g/mol.